The average Bonchev–Trinajstić information content (AvgIpc) is 3.31. The summed E-state index contributed by atoms with van der Waals surface area (Å²) in [5, 5.41) is 7.59. The molecule has 1 aromatic carbocycles. The van der Waals surface area contributed by atoms with E-state index in [9.17, 15) is 13.6 Å². The van der Waals surface area contributed by atoms with Gasteiger partial charge >= 0.3 is 0 Å². The Kier molecular flexibility index (Phi) is 7.19. The topological polar surface area (TPSA) is 79.2 Å². The number of likely N-dealkylation sites (N-methyl/N-ethyl adjacent to an activating group) is 1. The molecule has 0 radical (unpaired) electrons. The Labute approximate surface area is 215 Å². The third-order valence-corrected chi connectivity index (χ3v) is 7.53. The van der Waals surface area contributed by atoms with Gasteiger partial charge in [0, 0.05) is 49.4 Å². The minimum absolute atomic E-state index is 0.000347. The summed E-state index contributed by atoms with van der Waals surface area (Å²) in [5.41, 5.74) is 3.58. The van der Waals surface area contributed by atoms with Gasteiger partial charge in [-0.1, -0.05) is 18.2 Å². The third kappa shape index (κ3) is 5.49. The van der Waals surface area contributed by atoms with E-state index in [1.807, 2.05) is 43.5 Å². The summed E-state index contributed by atoms with van der Waals surface area (Å²) in [4.78, 5) is 27.2. The molecule has 10 heteroatoms. The van der Waals surface area contributed by atoms with Gasteiger partial charge in [0.2, 0.25) is 11.9 Å². The molecule has 0 spiro atoms. The highest BCUT2D eigenvalue weighted by molar-refractivity contribution is 5.81. The number of rotatable bonds is 6. The lowest BCUT2D eigenvalue weighted by Gasteiger charge is -2.42. The Morgan fingerprint density at radius 1 is 1.24 bits per heavy atom. The number of aryl methyl sites for hydroxylation is 1. The molecule has 5 rings (SSSR count). The molecule has 0 saturated carbocycles. The van der Waals surface area contributed by atoms with Crippen LogP contribution in [0.2, 0.25) is 0 Å². The summed E-state index contributed by atoms with van der Waals surface area (Å²) in [6, 6.07) is 8.49. The maximum atomic E-state index is 14.0. The van der Waals surface area contributed by atoms with Gasteiger partial charge in [0.15, 0.2) is 0 Å². The van der Waals surface area contributed by atoms with Gasteiger partial charge in [-0.2, -0.15) is 5.10 Å². The molecular formula is C27H33F2N7O. The fourth-order valence-corrected chi connectivity index (χ4v) is 5.49. The maximum Gasteiger partial charge on any atom is 0.263 e. The predicted octanol–water partition coefficient (Wildman–Crippen LogP) is 3.77. The molecular weight excluding hydrogens is 476 g/mol. The minimum Gasteiger partial charge on any atom is -0.348 e. The van der Waals surface area contributed by atoms with E-state index in [0.717, 1.165) is 29.1 Å². The van der Waals surface area contributed by atoms with Crippen LogP contribution in [0.5, 0.6) is 0 Å². The number of piperidine rings is 1. The van der Waals surface area contributed by atoms with Gasteiger partial charge in [0.25, 0.3) is 6.43 Å². The molecule has 8 nitrogen and oxygen atoms in total. The second-order valence-electron chi connectivity index (χ2n) is 10.3. The molecule has 1 N–H and O–H groups in total. The normalized spacial score (nSPS) is 22.2. The second kappa shape index (κ2) is 10.5. The number of hydrogen-bond donors (Lipinski definition) is 1. The zero-order valence-corrected chi connectivity index (χ0v) is 21.4. The average molecular weight is 510 g/mol. The van der Waals surface area contributed by atoms with E-state index in [2.05, 4.69) is 27.2 Å². The molecule has 0 bridgehead atoms. The lowest BCUT2D eigenvalue weighted by molar-refractivity contribution is -0.141. The number of aromatic nitrogens is 4. The highest BCUT2D eigenvalue weighted by Crippen LogP contribution is 2.36. The lowest BCUT2D eigenvalue weighted by atomic mass is 9.79. The van der Waals surface area contributed by atoms with Crippen molar-refractivity contribution in [3.63, 3.8) is 0 Å². The monoisotopic (exact) mass is 509 g/mol. The van der Waals surface area contributed by atoms with Gasteiger partial charge in [-0.05, 0) is 56.6 Å². The summed E-state index contributed by atoms with van der Waals surface area (Å²) in [7, 11) is 3.89. The molecule has 0 aliphatic carbocycles. The molecule has 1 amide bonds. The second-order valence-corrected chi connectivity index (χ2v) is 10.3. The zero-order valence-electron chi connectivity index (χ0n) is 21.4. The summed E-state index contributed by atoms with van der Waals surface area (Å²) >= 11 is 0. The maximum absolute atomic E-state index is 14.0. The number of alkyl halides is 2. The molecule has 2 aliphatic rings. The van der Waals surface area contributed by atoms with Crippen LogP contribution in [0.4, 0.5) is 14.7 Å². The van der Waals surface area contributed by atoms with Crippen molar-refractivity contribution < 1.29 is 13.6 Å². The van der Waals surface area contributed by atoms with Crippen molar-refractivity contribution in [1.82, 2.24) is 29.5 Å². The zero-order chi connectivity index (χ0) is 26.1. The summed E-state index contributed by atoms with van der Waals surface area (Å²) in [6.45, 7) is 4.42. The van der Waals surface area contributed by atoms with Crippen molar-refractivity contribution in [1.29, 1.82) is 0 Å². The highest BCUT2D eigenvalue weighted by Gasteiger charge is 2.39. The minimum atomic E-state index is -2.53. The Bertz CT molecular complexity index is 1260. The van der Waals surface area contributed by atoms with E-state index >= 15 is 0 Å². The number of anilines is 1. The number of carbonyl (C=O) groups is 1. The lowest BCUT2D eigenvalue weighted by Crippen LogP contribution is -2.50. The number of hydrogen-bond acceptors (Lipinski definition) is 6. The molecule has 4 heterocycles. The number of amides is 1. The number of carbonyl (C=O) groups excluding carboxylic acids is 1. The molecule has 2 aromatic heterocycles. The van der Waals surface area contributed by atoms with E-state index < -0.39 is 6.43 Å². The van der Waals surface area contributed by atoms with Crippen LogP contribution in [0.25, 0.3) is 0 Å². The molecule has 37 heavy (non-hydrogen) atoms. The van der Waals surface area contributed by atoms with Gasteiger partial charge in [0.1, 0.15) is 0 Å². The Morgan fingerprint density at radius 3 is 2.84 bits per heavy atom. The summed E-state index contributed by atoms with van der Waals surface area (Å²) < 4.78 is 28.6. The van der Waals surface area contributed by atoms with Gasteiger partial charge in [-0.25, -0.2) is 18.7 Å². The summed E-state index contributed by atoms with van der Waals surface area (Å²) in [5.74, 6) is 0.170. The molecule has 2 aliphatic heterocycles. The van der Waals surface area contributed by atoms with Gasteiger partial charge in [-0.15, -0.1) is 0 Å². The van der Waals surface area contributed by atoms with Gasteiger partial charge < -0.3 is 15.1 Å². The van der Waals surface area contributed by atoms with E-state index in [4.69, 9.17) is 4.98 Å². The van der Waals surface area contributed by atoms with E-state index in [0.29, 0.717) is 38.4 Å². The van der Waals surface area contributed by atoms with Crippen molar-refractivity contribution >= 4 is 11.9 Å². The quantitative estimate of drug-likeness (QED) is 0.545. The molecule has 0 unspecified atom stereocenters. The van der Waals surface area contributed by atoms with Crippen LogP contribution < -0.4 is 5.32 Å². The van der Waals surface area contributed by atoms with Crippen LogP contribution >= 0.6 is 0 Å². The standard InChI is InChI=1S/C27H33F2N7O/c1-17-11-20-13-30-27(31-14-21-7-10-35(3)33-21)32-24(20)16-36(17)26(37)22-8-9-34(2)15-23(22)18-5-4-6-19(12-18)25(28)29/h4-7,10,12-13,17,22-23,25H,8-9,11,14-16H2,1-3H3,(H,30,31,32)/t17-,22+,23-/m1/s1. The number of nitrogens with one attached hydrogen (secondary N) is 1. The Morgan fingerprint density at radius 2 is 2.08 bits per heavy atom. The number of halogens is 2. The number of benzene rings is 1. The van der Waals surface area contributed by atoms with Crippen LogP contribution in [0.3, 0.4) is 0 Å². The first-order valence-corrected chi connectivity index (χ1v) is 12.7. The molecule has 1 fully saturated rings. The van der Waals surface area contributed by atoms with E-state index in [-0.39, 0.29) is 29.3 Å². The molecule has 1 saturated heterocycles. The van der Waals surface area contributed by atoms with Crippen molar-refractivity contribution in [2.75, 3.05) is 25.5 Å². The van der Waals surface area contributed by atoms with Crippen LogP contribution in [-0.2, 0) is 31.4 Å². The fraction of sp³-hybridized carbons (Fsp3) is 0.481. The molecule has 3 atom stereocenters. The van der Waals surface area contributed by atoms with Crippen molar-refractivity contribution in [2.45, 2.75) is 51.2 Å². The van der Waals surface area contributed by atoms with Crippen LogP contribution in [0, 0.1) is 5.92 Å². The summed E-state index contributed by atoms with van der Waals surface area (Å²) in [6.07, 6.45) is 2.56. The fourth-order valence-electron chi connectivity index (χ4n) is 5.49. The Hall–Kier alpha value is -3.40. The Balaban J connectivity index is 1.34. The first kappa shape index (κ1) is 25.3. The first-order chi connectivity index (χ1) is 17.8. The third-order valence-electron chi connectivity index (χ3n) is 7.53. The first-order valence-electron chi connectivity index (χ1n) is 12.7. The number of likely N-dealkylation sites (tertiary alicyclic amines) is 1. The molecule has 3 aromatic rings. The van der Waals surface area contributed by atoms with Crippen LogP contribution in [0.15, 0.2) is 42.7 Å². The number of fused-ring (bicyclic) bond motifs is 1. The van der Waals surface area contributed by atoms with Gasteiger partial charge in [0.05, 0.1) is 24.5 Å². The highest BCUT2D eigenvalue weighted by atomic mass is 19.3. The molecule has 196 valence electrons. The van der Waals surface area contributed by atoms with Crippen molar-refractivity contribution in [3.8, 4) is 0 Å². The van der Waals surface area contributed by atoms with E-state index in [1.54, 1.807) is 16.8 Å². The SMILES string of the molecule is C[C@@H]1Cc2cnc(NCc3ccn(C)n3)nc2CN1C(=O)[C@H]1CCN(C)C[C@@H]1c1cccc(C(F)F)c1. The van der Waals surface area contributed by atoms with Crippen LogP contribution in [-0.4, -0.2) is 61.6 Å². The number of nitrogens with zero attached hydrogens (tertiary/aromatic N) is 6. The van der Waals surface area contributed by atoms with Crippen LogP contribution in [0.1, 0.15) is 53.8 Å². The smallest absolute Gasteiger partial charge is 0.263 e. The van der Waals surface area contributed by atoms with Crippen molar-refractivity contribution in [2.24, 2.45) is 13.0 Å². The predicted molar refractivity (Wildman–Crippen MR) is 136 cm³/mol. The largest absolute Gasteiger partial charge is 0.348 e. The van der Waals surface area contributed by atoms with Crippen molar-refractivity contribution in [3.05, 3.63) is 70.8 Å². The van der Waals surface area contributed by atoms with Gasteiger partial charge in [-0.3, -0.25) is 9.48 Å². The van der Waals surface area contributed by atoms with E-state index in [1.165, 1.54) is 6.07 Å².